The number of rotatable bonds is 10. The zero-order valence-corrected chi connectivity index (χ0v) is 42.7. The Morgan fingerprint density at radius 1 is 0.718 bits per heavy atom. The first-order valence-corrected chi connectivity index (χ1v) is 25.5. The van der Waals surface area contributed by atoms with Crippen LogP contribution in [-0.2, 0) is 52.3 Å². The molecule has 0 aromatic rings. The van der Waals surface area contributed by atoms with Crippen molar-refractivity contribution >= 4 is 17.7 Å². The number of allylic oxidation sites excluding steroid dienone is 1. The summed E-state index contributed by atoms with van der Waals surface area (Å²) >= 11 is 0. The number of methoxy groups -OCH3 is 1. The molecule has 8 rings (SSSR count). The van der Waals surface area contributed by atoms with Crippen molar-refractivity contribution in [1.29, 1.82) is 0 Å². The van der Waals surface area contributed by atoms with Crippen LogP contribution >= 0.6 is 0 Å². The maximum atomic E-state index is 15.1. The van der Waals surface area contributed by atoms with Gasteiger partial charge in [0.1, 0.15) is 79.5 Å². The van der Waals surface area contributed by atoms with E-state index in [-0.39, 0.29) is 52.8 Å². The van der Waals surface area contributed by atoms with E-state index in [0.717, 1.165) is 31.8 Å². The lowest BCUT2D eigenvalue weighted by Crippen LogP contribution is -2.68. The highest BCUT2D eigenvalue weighted by atomic mass is 16.8. The molecule has 7 fully saturated rings. The van der Waals surface area contributed by atoms with E-state index in [0.29, 0.717) is 19.3 Å². The van der Waals surface area contributed by atoms with Crippen molar-refractivity contribution in [2.45, 2.75) is 218 Å². The molecule has 9 N–H and O–H groups in total. The molecule has 0 radical (unpaired) electrons. The number of hydrogen-bond acceptors (Lipinski definition) is 20. The van der Waals surface area contributed by atoms with Crippen LogP contribution in [0.2, 0.25) is 0 Å². The van der Waals surface area contributed by atoms with Gasteiger partial charge in [0.15, 0.2) is 12.6 Å². The third-order valence-electron chi connectivity index (χ3n) is 19.7. The number of hydrogen-bond donors (Lipinski definition) is 9. The van der Waals surface area contributed by atoms with Crippen molar-refractivity contribution in [2.75, 3.05) is 20.3 Å². The van der Waals surface area contributed by atoms with E-state index in [1.807, 2.05) is 13.8 Å². The van der Waals surface area contributed by atoms with Gasteiger partial charge in [0.2, 0.25) is 6.29 Å². The van der Waals surface area contributed by atoms with Gasteiger partial charge in [-0.1, -0.05) is 60.1 Å². The van der Waals surface area contributed by atoms with Crippen molar-refractivity contribution in [3.8, 4) is 0 Å². The van der Waals surface area contributed by atoms with Gasteiger partial charge in [0.05, 0.1) is 30.3 Å². The molecule has 8 aliphatic rings. The minimum atomic E-state index is -1.95. The average Bonchev–Trinajstić information content (AvgIpc) is 3.30. The molecule has 0 aromatic carbocycles. The third-order valence-corrected chi connectivity index (χ3v) is 19.7. The summed E-state index contributed by atoms with van der Waals surface area (Å²) in [5.41, 5.74) is -2.33. The van der Waals surface area contributed by atoms with Crippen molar-refractivity contribution in [3.63, 3.8) is 0 Å². The molecule has 0 spiro atoms. The van der Waals surface area contributed by atoms with E-state index in [1.165, 1.54) is 6.92 Å². The van der Waals surface area contributed by atoms with Crippen molar-refractivity contribution in [1.82, 2.24) is 0 Å². The van der Waals surface area contributed by atoms with Gasteiger partial charge < -0.3 is 83.9 Å². The zero-order valence-electron chi connectivity index (χ0n) is 42.7. The fraction of sp³-hybridized carbons (Fsp3) is 0.902. The summed E-state index contributed by atoms with van der Waals surface area (Å²) < 4.78 is 46.7. The van der Waals surface area contributed by atoms with Gasteiger partial charge in [-0.15, -0.1) is 0 Å². The summed E-state index contributed by atoms with van der Waals surface area (Å²) in [6.07, 6.45) is -19.4. The lowest BCUT2D eigenvalue weighted by atomic mass is 9.33. The summed E-state index contributed by atoms with van der Waals surface area (Å²) in [5, 5.41) is 98.5. The molecule has 0 aromatic heterocycles. The fourth-order valence-electron chi connectivity index (χ4n) is 15.1. The number of carbonyl (C=O) groups excluding carboxylic acids is 3. The summed E-state index contributed by atoms with van der Waals surface area (Å²) in [4.78, 5) is 41.1. The van der Waals surface area contributed by atoms with E-state index in [9.17, 15) is 55.5 Å². The zero-order chi connectivity index (χ0) is 52.3. The van der Waals surface area contributed by atoms with Gasteiger partial charge in [-0.3, -0.25) is 14.4 Å². The van der Waals surface area contributed by atoms with Crippen LogP contribution in [0, 0.1) is 50.2 Å². The van der Waals surface area contributed by atoms with E-state index in [4.69, 9.17) is 37.9 Å². The van der Waals surface area contributed by atoms with E-state index < -0.39 is 146 Å². The van der Waals surface area contributed by atoms with Crippen LogP contribution in [0.25, 0.3) is 0 Å². The molecular formula is C51H80O20. The maximum Gasteiger partial charge on any atom is 0.315 e. The van der Waals surface area contributed by atoms with Gasteiger partial charge in [-0.05, 0) is 85.4 Å². The minimum absolute atomic E-state index is 0.0904. The number of aliphatic hydroxyl groups excluding tert-OH is 9. The minimum Gasteiger partial charge on any atom is -0.463 e. The molecule has 20 nitrogen and oxygen atoms in total. The molecule has 5 aliphatic carbocycles. The predicted molar refractivity (Wildman–Crippen MR) is 245 cm³/mol. The van der Waals surface area contributed by atoms with Crippen LogP contribution in [0.1, 0.15) is 114 Å². The molecule has 3 aliphatic heterocycles. The molecule has 24 atom stereocenters. The highest BCUT2D eigenvalue weighted by Crippen LogP contribution is 2.76. The van der Waals surface area contributed by atoms with Crippen LogP contribution in [0.4, 0.5) is 0 Å². The Morgan fingerprint density at radius 3 is 2.01 bits per heavy atom. The average molecular weight is 1010 g/mol. The molecule has 404 valence electrons. The van der Waals surface area contributed by atoms with Crippen LogP contribution in [-0.4, -0.2) is 188 Å². The summed E-state index contributed by atoms with van der Waals surface area (Å²) in [7, 11) is 1.72. The van der Waals surface area contributed by atoms with Gasteiger partial charge in [0.25, 0.3) is 0 Å². The number of ketones is 1. The van der Waals surface area contributed by atoms with Gasteiger partial charge >= 0.3 is 11.9 Å². The van der Waals surface area contributed by atoms with Crippen LogP contribution in [0.5, 0.6) is 0 Å². The van der Waals surface area contributed by atoms with Crippen molar-refractivity contribution in [2.24, 2.45) is 50.2 Å². The Kier molecular flexibility index (Phi) is 15.0. The summed E-state index contributed by atoms with van der Waals surface area (Å²) in [6, 6.07) is 0. The van der Waals surface area contributed by atoms with E-state index >= 15 is 4.79 Å². The normalized spacial score (nSPS) is 51.4. The van der Waals surface area contributed by atoms with Gasteiger partial charge in [0, 0.05) is 31.8 Å². The Hall–Kier alpha value is -2.25. The second-order valence-electron chi connectivity index (χ2n) is 24.3. The van der Waals surface area contributed by atoms with Crippen LogP contribution in [0.15, 0.2) is 11.6 Å². The maximum absolute atomic E-state index is 15.1. The Balaban J connectivity index is 1.02. The molecule has 3 saturated heterocycles. The number of carbonyl (C=O) groups is 3. The largest absolute Gasteiger partial charge is 0.463 e. The highest BCUT2D eigenvalue weighted by Gasteiger charge is 2.72. The number of aliphatic hydroxyl groups is 9. The summed E-state index contributed by atoms with van der Waals surface area (Å²) in [5.74, 6) is -1.82. The molecule has 3 heterocycles. The van der Waals surface area contributed by atoms with Crippen LogP contribution in [0.3, 0.4) is 0 Å². The predicted octanol–water partition coefficient (Wildman–Crippen LogP) is 0.543. The van der Waals surface area contributed by atoms with Crippen LogP contribution < -0.4 is 0 Å². The number of esters is 2. The highest BCUT2D eigenvalue weighted by molar-refractivity contribution is 5.92. The molecule has 0 amide bonds. The Morgan fingerprint density at radius 2 is 1.35 bits per heavy atom. The standard InChI is InChI=1S/C51H80O20/c1-22-32(55)34(57)37(60)43(67-22)70-40-28(21-65-23(2)52)69-42(39(62)36(40)59)66-20-27-33(56)35(58)38(61)44(68-27)71-45(63)51-16-15-49(8)24(25(51)18-46(3,4)31(54)19-51)17-26(64-10)41-48(7)13-12-30(53)47(5,6)29(48)11-14-50(41,49)9/h17,22,25-30,32-44,53,55-62H,11-16,18-21H2,1-10H3. The molecule has 4 saturated carbocycles. The second-order valence-corrected chi connectivity index (χ2v) is 24.3. The molecule has 20 heteroatoms. The topological polar surface area (TPSA) is 307 Å². The number of ether oxygens (including phenoxy) is 8. The van der Waals surface area contributed by atoms with E-state index in [2.05, 4.69) is 40.7 Å². The summed E-state index contributed by atoms with van der Waals surface area (Å²) in [6.45, 7) is 16.5. The lowest BCUT2D eigenvalue weighted by Gasteiger charge is -2.72. The Bertz CT molecular complexity index is 2030. The Labute approximate surface area is 415 Å². The molecular weight excluding hydrogens is 933 g/mol. The molecule has 24 unspecified atom stereocenters. The van der Waals surface area contributed by atoms with Crippen molar-refractivity contribution < 1.29 is 98.2 Å². The lowest BCUT2D eigenvalue weighted by molar-refractivity contribution is -0.361. The van der Waals surface area contributed by atoms with Crippen molar-refractivity contribution in [3.05, 3.63) is 11.6 Å². The number of fused-ring (bicyclic) bond motifs is 7. The quantitative estimate of drug-likeness (QED) is 0.107. The SMILES string of the molecule is COC1C=C2C3CC(C)(C)C(=O)CC3(C(=O)OC3OC(COC4OC(COC(C)=O)C(OC5OC(C)C(O)C(O)C5O)C(O)C4O)C(O)C(O)C3O)CCC2(C)C2(C)CCC3C(C)(C)C(O)CCC3(C)C12. The third kappa shape index (κ3) is 8.87. The first kappa shape index (κ1) is 55.0. The smallest absolute Gasteiger partial charge is 0.315 e. The van der Waals surface area contributed by atoms with E-state index in [1.54, 1.807) is 7.11 Å². The first-order chi connectivity index (χ1) is 33.0. The monoisotopic (exact) mass is 1010 g/mol. The second kappa shape index (κ2) is 19.4. The van der Waals surface area contributed by atoms with Gasteiger partial charge in [-0.2, -0.15) is 0 Å². The van der Waals surface area contributed by atoms with Gasteiger partial charge in [-0.25, -0.2) is 0 Å². The number of Topliss-reactive ketones (excluding diaryl/α,β-unsaturated/α-hetero) is 1. The fourth-order valence-corrected chi connectivity index (χ4v) is 15.1. The molecule has 71 heavy (non-hydrogen) atoms. The first-order valence-electron chi connectivity index (χ1n) is 25.5. The molecule has 0 bridgehead atoms.